The van der Waals surface area contributed by atoms with Crippen LogP contribution in [0.5, 0.6) is 0 Å². The first-order chi connectivity index (χ1) is 13.2. The Morgan fingerprint density at radius 3 is 2.26 bits per heavy atom. The van der Waals surface area contributed by atoms with Gasteiger partial charge in [0.05, 0.1) is 11.6 Å². The lowest BCUT2D eigenvalue weighted by Gasteiger charge is -2.35. The molecule has 2 aromatic rings. The largest absolute Gasteiger partial charge is 0.356 e. The van der Waals surface area contributed by atoms with E-state index in [1.807, 2.05) is 4.90 Å². The molecular formula is C20H22N6O. The van der Waals surface area contributed by atoms with E-state index in [-0.39, 0.29) is 5.91 Å². The molecule has 0 N–H and O–H groups in total. The molecule has 0 bridgehead atoms. The molecular weight excluding hydrogens is 340 g/mol. The van der Waals surface area contributed by atoms with Crippen LogP contribution in [0, 0.1) is 11.3 Å². The van der Waals surface area contributed by atoms with Crippen LogP contribution in [0.3, 0.4) is 0 Å². The highest BCUT2D eigenvalue weighted by Crippen LogP contribution is 2.22. The molecule has 3 heterocycles. The third kappa shape index (κ3) is 3.70. The van der Waals surface area contributed by atoms with E-state index in [2.05, 4.69) is 31.9 Å². The molecule has 0 atom stereocenters. The van der Waals surface area contributed by atoms with Gasteiger partial charge in [0, 0.05) is 50.9 Å². The highest BCUT2D eigenvalue weighted by molar-refractivity contribution is 5.94. The van der Waals surface area contributed by atoms with E-state index in [1.54, 1.807) is 30.6 Å². The average molecular weight is 362 g/mol. The Morgan fingerprint density at radius 1 is 0.926 bits per heavy atom. The summed E-state index contributed by atoms with van der Waals surface area (Å²) in [5.41, 5.74) is 1.08. The minimum Gasteiger partial charge on any atom is -0.356 e. The molecule has 0 saturated carbocycles. The zero-order chi connectivity index (χ0) is 18.6. The van der Waals surface area contributed by atoms with Crippen molar-refractivity contribution in [3.8, 4) is 6.07 Å². The van der Waals surface area contributed by atoms with E-state index in [0.29, 0.717) is 24.2 Å². The van der Waals surface area contributed by atoms with Crippen molar-refractivity contribution in [2.45, 2.75) is 12.8 Å². The molecule has 1 aromatic heterocycles. The van der Waals surface area contributed by atoms with Gasteiger partial charge >= 0.3 is 0 Å². The van der Waals surface area contributed by atoms with Crippen molar-refractivity contribution >= 4 is 17.5 Å². The predicted molar refractivity (Wildman–Crippen MR) is 103 cm³/mol. The summed E-state index contributed by atoms with van der Waals surface area (Å²) in [4.78, 5) is 27.9. The molecule has 2 aliphatic rings. The normalized spacial score (nSPS) is 17.1. The van der Waals surface area contributed by atoms with E-state index >= 15 is 0 Å². The molecule has 2 fully saturated rings. The van der Waals surface area contributed by atoms with Gasteiger partial charge < -0.3 is 14.7 Å². The van der Waals surface area contributed by atoms with E-state index < -0.39 is 0 Å². The van der Waals surface area contributed by atoms with Crippen LogP contribution in [-0.2, 0) is 0 Å². The summed E-state index contributed by atoms with van der Waals surface area (Å²) in [6, 6.07) is 11.0. The first-order valence-electron chi connectivity index (χ1n) is 9.36. The first kappa shape index (κ1) is 17.3. The fraction of sp³-hybridized carbons (Fsp3) is 0.400. The van der Waals surface area contributed by atoms with Gasteiger partial charge in [0.15, 0.2) is 0 Å². The highest BCUT2D eigenvalue weighted by Gasteiger charge is 2.24. The van der Waals surface area contributed by atoms with Gasteiger partial charge in [-0.05, 0) is 31.0 Å². The summed E-state index contributed by atoms with van der Waals surface area (Å²) in [5, 5.41) is 9.02. The smallest absolute Gasteiger partial charge is 0.254 e. The lowest BCUT2D eigenvalue weighted by atomic mass is 10.1. The summed E-state index contributed by atoms with van der Waals surface area (Å²) >= 11 is 0. The number of amides is 1. The van der Waals surface area contributed by atoms with Crippen LogP contribution in [0.4, 0.5) is 11.6 Å². The molecule has 1 aromatic carbocycles. The number of hydrogen-bond donors (Lipinski definition) is 0. The Hall–Kier alpha value is -3.14. The van der Waals surface area contributed by atoms with Gasteiger partial charge in [-0.2, -0.15) is 5.26 Å². The molecule has 0 unspecified atom stereocenters. The number of anilines is 2. The quantitative estimate of drug-likeness (QED) is 0.830. The minimum atomic E-state index is -0.0211. The van der Waals surface area contributed by atoms with E-state index in [4.69, 9.17) is 5.26 Å². The van der Waals surface area contributed by atoms with Crippen LogP contribution in [0.1, 0.15) is 28.8 Å². The number of carbonyl (C=O) groups is 1. The number of nitriles is 1. The molecule has 138 valence electrons. The lowest BCUT2D eigenvalue weighted by molar-refractivity contribution is 0.0746. The third-order valence-electron chi connectivity index (χ3n) is 5.20. The van der Waals surface area contributed by atoms with Crippen LogP contribution in [0.2, 0.25) is 0 Å². The molecule has 0 spiro atoms. The molecule has 4 rings (SSSR count). The molecule has 1 amide bonds. The van der Waals surface area contributed by atoms with E-state index in [0.717, 1.165) is 37.8 Å². The molecule has 0 aliphatic carbocycles. The number of piperazine rings is 1. The maximum absolute atomic E-state index is 12.7. The Kier molecular flexibility index (Phi) is 4.88. The number of rotatable bonds is 3. The fourth-order valence-electron chi connectivity index (χ4n) is 3.67. The lowest BCUT2D eigenvalue weighted by Crippen LogP contribution is -2.49. The van der Waals surface area contributed by atoms with Crippen molar-refractivity contribution in [3.63, 3.8) is 0 Å². The van der Waals surface area contributed by atoms with Gasteiger partial charge in [-0.25, -0.2) is 9.97 Å². The maximum atomic E-state index is 12.7. The highest BCUT2D eigenvalue weighted by atomic mass is 16.2. The van der Waals surface area contributed by atoms with Crippen LogP contribution in [0.15, 0.2) is 36.7 Å². The van der Waals surface area contributed by atoms with Crippen molar-refractivity contribution < 1.29 is 4.79 Å². The summed E-state index contributed by atoms with van der Waals surface area (Å²) in [6.07, 6.45) is 4.06. The number of carbonyl (C=O) groups excluding carboxylic acids is 1. The van der Waals surface area contributed by atoms with Crippen molar-refractivity contribution in [2.24, 2.45) is 0 Å². The first-order valence-corrected chi connectivity index (χ1v) is 9.36. The van der Waals surface area contributed by atoms with Crippen molar-refractivity contribution in [3.05, 3.63) is 47.8 Å². The van der Waals surface area contributed by atoms with Crippen LogP contribution < -0.4 is 9.80 Å². The van der Waals surface area contributed by atoms with Gasteiger partial charge in [-0.1, -0.05) is 6.07 Å². The average Bonchev–Trinajstić information content (AvgIpc) is 3.28. The molecule has 27 heavy (non-hydrogen) atoms. The summed E-state index contributed by atoms with van der Waals surface area (Å²) in [7, 11) is 0. The number of aromatic nitrogens is 2. The Labute approximate surface area is 158 Å². The van der Waals surface area contributed by atoms with E-state index in [9.17, 15) is 4.79 Å². The Balaban J connectivity index is 1.41. The second-order valence-electron chi connectivity index (χ2n) is 6.90. The van der Waals surface area contributed by atoms with Crippen LogP contribution in [0.25, 0.3) is 0 Å². The van der Waals surface area contributed by atoms with Gasteiger partial charge in [-0.3, -0.25) is 4.79 Å². The molecule has 7 heteroatoms. The monoisotopic (exact) mass is 362 g/mol. The van der Waals surface area contributed by atoms with Gasteiger partial charge in [0.25, 0.3) is 5.91 Å². The number of nitrogens with zero attached hydrogens (tertiary/aromatic N) is 6. The van der Waals surface area contributed by atoms with Crippen molar-refractivity contribution in [2.75, 3.05) is 49.1 Å². The second kappa shape index (κ2) is 7.62. The fourth-order valence-corrected chi connectivity index (χ4v) is 3.67. The zero-order valence-electron chi connectivity index (χ0n) is 15.2. The zero-order valence-corrected chi connectivity index (χ0v) is 15.2. The SMILES string of the molecule is N#Cc1cccc(C(=O)N2CCN(c3cc(N4CCCC4)ncn3)CC2)c1. The summed E-state index contributed by atoms with van der Waals surface area (Å²) in [6.45, 7) is 4.86. The molecule has 0 radical (unpaired) electrons. The minimum absolute atomic E-state index is 0.0211. The molecule has 7 nitrogen and oxygen atoms in total. The summed E-state index contributed by atoms with van der Waals surface area (Å²) < 4.78 is 0. The van der Waals surface area contributed by atoms with Crippen LogP contribution in [-0.4, -0.2) is 60.0 Å². The maximum Gasteiger partial charge on any atom is 0.254 e. The Bertz CT molecular complexity index is 863. The summed E-state index contributed by atoms with van der Waals surface area (Å²) in [5.74, 6) is 1.89. The molecule has 2 aliphatic heterocycles. The molecule has 2 saturated heterocycles. The van der Waals surface area contributed by atoms with Crippen molar-refractivity contribution in [1.82, 2.24) is 14.9 Å². The van der Waals surface area contributed by atoms with Gasteiger partial charge in [0.1, 0.15) is 18.0 Å². The Morgan fingerprint density at radius 2 is 1.59 bits per heavy atom. The topological polar surface area (TPSA) is 76.4 Å². The second-order valence-corrected chi connectivity index (χ2v) is 6.90. The van der Waals surface area contributed by atoms with Crippen molar-refractivity contribution in [1.29, 1.82) is 5.26 Å². The van der Waals surface area contributed by atoms with Crippen LogP contribution >= 0.6 is 0 Å². The standard InChI is InChI=1S/C20H22N6O/c21-14-16-4-3-5-17(12-16)20(27)26-10-8-25(9-11-26)19-13-18(22-15-23-19)24-6-1-2-7-24/h3-5,12-13,15H,1-2,6-11H2. The predicted octanol–water partition coefficient (Wildman–Crippen LogP) is 1.91. The van der Waals surface area contributed by atoms with Gasteiger partial charge in [-0.15, -0.1) is 0 Å². The third-order valence-corrected chi connectivity index (χ3v) is 5.20. The van der Waals surface area contributed by atoms with E-state index in [1.165, 1.54) is 12.8 Å². The number of hydrogen-bond acceptors (Lipinski definition) is 6. The number of benzene rings is 1. The van der Waals surface area contributed by atoms with Gasteiger partial charge in [0.2, 0.25) is 0 Å².